The number of carboxylic acids is 1. The standard InChI is InChI=1S/C8H15NO3/c1-12-6-8(4-7(10)11)2-3-9-5-8/h9H,2-6H2,1H3,(H,10,11). The zero-order valence-corrected chi connectivity index (χ0v) is 7.30. The van der Waals surface area contributed by atoms with Crippen LogP contribution >= 0.6 is 0 Å². The predicted molar refractivity (Wildman–Crippen MR) is 44.0 cm³/mol. The van der Waals surface area contributed by atoms with Crippen molar-refractivity contribution in [2.24, 2.45) is 5.41 Å². The minimum Gasteiger partial charge on any atom is -0.481 e. The van der Waals surface area contributed by atoms with Gasteiger partial charge in [0.25, 0.3) is 0 Å². The molecule has 1 rings (SSSR count). The van der Waals surface area contributed by atoms with Gasteiger partial charge in [-0.05, 0) is 13.0 Å². The van der Waals surface area contributed by atoms with E-state index in [-0.39, 0.29) is 11.8 Å². The van der Waals surface area contributed by atoms with Crippen LogP contribution in [0.4, 0.5) is 0 Å². The number of hydrogen-bond acceptors (Lipinski definition) is 3. The van der Waals surface area contributed by atoms with Gasteiger partial charge in [-0.3, -0.25) is 4.79 Å². The summed E-state index contributed by atoms with van der Waals surface area (Å²) in [6.07, 6.45) is 1.10. The van der Waals surface area contributed by atoms with E-state index in [2.05, 4.69) is 5.32 Å². The summed E-state index contributed by atoms with van der Waals surface area (Å²) in [6.45, 7) is 2.19. The zero-order chi connectivity index (χ0) is 9.03. The Kier molecular flexibility index (Phi) is 3.05. The fraction of sp³-hybridized carbons (Fsp3) is 0.875. The second kappa shape index (κ2) is 3.87. The summed E-state index contributed by atoms with van der Waals surface area (Å²) in [4.78, 5) is 10.6. The fourth-order valence-corrected chi connectivity index (χ4v) is 1.75. The van der Waals surface area contributed by atoms with Gasteiger partial charge < -0.3 is 15.2 Å². The molecule has 0 aromatic rings. The topological polar surface area (TPSA) is 58.6 Å². The first-order valence-corrected chi connectivity index (χ1v) is 4.10. The van der Waals surface area contributed by atoms with Crippen LogP contribution in [-0.2, 0) is 9.53 Å². The van der Waals surface area contributed by atoms with Crippen molar-refractivity contribution in [2.45, 2.75) is 12.8 Å². The molecule has 0 radical (unpaired) electrons. The third-order valence-electron chi connectivity index (χ3n) is 2.31. The monoisotopic (exact) mass is 173 g/mol. The van der Waals surface area contributed by atoms with Crippen LogP contribution in [0.1, 0.15) is 12.8 Å². The van der Waals surface area contributed by atoms with Crippen molar-refractivity contribution in [2.75, 3.05) is 26.8 Å². The molecule has 4 heteroatoms. The summed E-state index contributed by atoms with van der Waals surface area (Å²) in [6, 6.07) is 0. The average molecular weight is 173 g/mol. The minimum atomic E-state index is -0.740. The van der Waals surface area contributed by atoms with Crippen LogP contribution in [0.3, 0.4) is 0 Å². The summed E-state index contributed by atoms with van der Waals surface area (Å²) >= 11 is 0. The van der Waals surface area contributed by atoms with Gasteiger partial charge in [0.05, 0.1) is 13.0 Å². The van der Waals surface area contributed by atoms with Crippen LogP contribution in [0.5, 0.6) is 0 Å². The molecule has 1 unspecified atom stereocenters. The van der Waals surface area contributed by atoms with Gasteiger partial charge in [0.2, 0.25) is 0 Å². The highest BCUT2D eigenvalue weighted by Gasteiger charge is 2.35. The van der Waals surface area contributed by atoms with Crippen molar-refractivity contribution in [1.29, 1.82) is 0 Å². The number of aliphatic carboxylic acids is 1. The maximum absolute atomic E-state index is 10.6. The van der Waals surface area contributed by atoms with E-state index in [9.17, 15) is 4.79 Å². The Bertz CT molecular complexity index is 164. The molecule has 1 fully saturated rings. The predicted octanol–water partition coefficient (Wildman–Crippen LogP) is 0.0872. The smallest absolute Gasteiger partial charge is 0.304 e. The van der Waals surface area contributed by atoms with Crippen LogP contribution in [0, 0.1) is 5.41 Å². The van der Waals surface area contributed by atoms with Crippen LogP contribution in [-0.4, -0.2) is 37.9 Å². The Morgan fingerprint density at radius 2 is 2.50 bits per heavy atom. The Balaban J connectivity index is 2.52. The molecule has 0 aromatic heterocycles. The molecule has 1 aliphatic rings. The molecular formula is C8H15NO3. The van der Waals surface area contributed by atoms with Gasteiger partial charge in [-0.2, -0.15) is 0 Å². The van der Waals surface area contributed by atoms with Crippen molar-refractivity contribution in [1.82, 2.24) is 5.32 Å². The number of carboxylic acid groups (broad SMARTS) is 1. The number of ether oxygens (including phenoxy) is 1. The molecule has 0 spiro atoms. The summed E-state index contributed by atoms with van der Waals surface area (Å²) in [5.74, 6) is -0.740. The lowest BCUT2D eigenvalue weighted by Gasteiger charge is -2.24. The third-order valence-corrected chi connectivity index (χ3v) is 2.31. The van der Waals surface area contributed by atoms with Crippen LogP contribution < -0.4 is 5.32 Å². The number of methoxy groups -OCH3 is 1. The summed E-state index contributed by atoms with van der Waals surface area (Å²) < 4.78 is 5.03. The average Bonchev–Trinajstić information content (AvgIpc) is 2.36. The maximum atomic E-state index is 10.6. The lowest BCUT2D eigenvalue weighted by Crippen LogP contribution is -2.31. The normalized spacial score (nSPS) is 29.1. The first kappa shape index (κ1) is 9.48. The Morgan fingerprint density at radius 3 is 2.92 bits per heavy atom. The van der Waals surface area contributed by atoms with E-state index in [1.807, 2.05) is 0 Å². The van der Waals surface area contributed by atoms with Crippen molar-refractivity contribution in [3.05, 3.63) is 0 Å². The van der Waals surface area contributed by atoms with Crippen molar-refractivity contribution < 1.29 is 14.6 Å². The van der Waals surface area contributed by atoms with Gasteiger partial charge in [0, 0.05) is 19.1 Å². The highest BCUT2D eigenvalue weighted by Crippen LogP contribution is 2.29. The van der Waals surface area contributed by atoms with E-state index in [0.717, 1.165) is 19.5 Å². The van der Waals surface area contributed by atoms with Crippen molar-refractivity contribution in [3.63, 3.8) is 0 Å². The third kappa shape index (κ3) is 2.19. The van der Waals surface area contributed by atoms with E-state index in [4.69, 9.17) is 9.84 Å². The van der Waals surface area contributed by atoms with Gasteiger partial charge in [-0.25, -0.2) is 0 Å². The van der Waals surface area contributed by atoms with Crippen LogP contribution in [0.2, 0.25) is 0 Å². The lowest BCUT2D eigenvalue weighted by molar-refractivity contribution is -0.140. The van der Waals surface area contributed by atoms with Crippen LogP contribution in [0.15, 0.2) is 0 Å². The molecule has 1 atom stereocenters. The fourth-order valence-electron chi connectivity index (χ4n) is 1.75. The zero-order valence-electron chi connectivity index (χ0n) is 7.30. The van der Waals surface area contributed by atoms with E-state index in [1.54, 1.807) is 7.11 Å². The van der Waals surface area contributed by atoms with Crippen LogP contribution in [0.25, 0.3) is 0 Å². The minimum absolute atomic E-state index is 0.166. The van der Waals surface area contributed by atoms with Gasteiger partial charge in [-0.15, -0.1) is 0 Å². The Labute approximate surface area is 71.9 Å². The number of nitrogens with one attached hydrogen (secondary N) is 1. The van der Waals surface area contributed by atoms with Gasteiger partial charge >= 0.3 is 5.97 Å². The van der Waals surface area contributed by atoms with Crippen molar-refractivity contribution in [3.8, 4) is 0 Å². The summed E-state index contributed by atoms with van der Waals surface area (Å²) in [5.41, 5.74) is -0.166. The molecule has 1 saturated heterocycles. The molecule has 0 aromatic carbocycles. The molecule has 0 bridgehead atoms. The second-order valence-corrected chi connectivity index (χ2v) is 3.43. The molecule has 70 valence electrons. The number of carbonyl (C=O) groups is 1. The van der Waals surface area contributed by atoms with Gasteiger partial charge in [-0.1, -0.05) is 0 Å². The molecule has 2 N–H and O–H groups in total. The van der Waals surface area contributed by atoms with E-state index in [1.165, 1.54) is 0 Å². The SMILES string of the molecule is COCC1(CC(=O)O)CCNC1. The second-order valence-electron chi connectivity index (χ2n) is 3.43. The highest BCUT2D eigenvalue weighted by atomic mass is 16.5. The molecular weight excluding hydrogens is 158 g/mol. The number of rotatable bonds is 4. The Hall–Kier alpha value is -0.610. The first-order valence-electron chi connectivity index (χ1n) is 4.10. The number of hydrogen-bond donors (Lipinski definition) is 2. The molecule has 0 amide bonds. The van der Waals surface area contributed by atoms with E-state index >= 15 is 0 Å². The lowest BCUT2D eigenvalue weighted by atomic mass is 9.84. The molecule has 1 aliphatic heterocycles. The summed E-state index contributed by atoms with van der Waals surface area (Å²) in [5, 5.41) is 11.8. The molecule has 0 aliphatic carbocycles. The van der Waals surface area contributed by atoms with E-state index in [0.29, 0.717) is 6.61 Å². The molecule has 0 saturated carbocycles. The highest BCUT2D eigenvalue weighted by molar-refractivity contribution is 5.67. The summed E-state index contributed by atoms with van der Waals surface area (Å²) in [7, 11) is 1.61. The van der Waals surface area contributed by atoms with E-state index < -0.39 is 5.97 Å². The van der Waals surface area contributed by atoms with Crippen molar-refractivity contribution >= 4 is 5.97 Å². The molecule has 1 heterocycles. The maximum Gasteiger partial charge on any atom is 0.304 e. The Morgan fingerprint density at radius 1 is 1.75 bits per heavy atom. The molecule has 12 heavy (non-hydrogen) atoms. The van der Waals surface area contributed by atoms with Gasteiger partial charge in [0.1, 0.15) is 0 Å². The largest absolute Gasteiger partial charge is 0.481 e. The first-order chi connectivity index (χ1) is 5.68. The molecule has 4 nitrogen and oxygen atoms in total. The quantitative estimate of drug-likeness (QED) is 0.632. The van der Waals surface area contributed by atoms with Gasteiger partial charge in [0.15, 0.2) is 0 Å².